The number of hydrogen-bond donors (Lipinski definition) is 0. The molecule has 0 bridgehead atoms. The van der Waals surface area contributed by atoms with Crippen LogP contribution in [0.2, 0.25) is 0 Å². The molecule has 5 heteroatoms. The Morgan fingerprint density at radius 2 is 1.84 bits per heavy atom. The first kappa shape index (κ1) is 16.1. The van der Waals surface area contributed by atoms with Crippen molar-refractivity contribution < 1.29 is 0 Å². The highest BCUT2D eigenvalue weighted by molar-refractivity contribution is 7.98. The average molecular weight is 348 g/mol. The molecule has 1 aromatic carbocycles. The molecule has 1 aliphatic heterocycles. The Kier molecular flexibility index (Phi) is 4.40. The summed E-state index contributed by atoms with van der Waals surface area (Å²) in [6, 6.07) is 12.8. The Labute approximate surface area is 152 Å². The molecular formula is C20H20N4S. The quantitative estimate of drug-likeness (QED) is 0.666. The topological polar surface area (TPSA) is 41.9 Å². The standard InChI is InChI=1S/C20H20N4S/c1-14-3-8-19(21-11-14)20-22-12-15-13-24(10-9-18(15)23-20)16-4-6-17(25-2)7-5-16/h3-8,11-12H,9-10,13H2,1-2H3. The molecule has 0 spiro atoms. The van der Waals surface area contributed by atoms with Crippen LogP contribution >= 0.6 is 11.8 Å². The van der Waals surface area contributed by atoms with Crippen LogP contribution in [-0.2, 0) is 13.0 Å². The Hall–Kier alpha value is -2.40. The molecule has 0 unspecified atom stereocenters. The van der Waals surface area contributed by atoms with Gasteiger partial charge in [0, 0.05) is 48.1 Å². The van der Waals surface area contributed by atoms with Crippen LogP contribution in [0.5, 0.6) is 0 Å². The number of aryl methyl sites for hydroxylation is 1. The average Bonchev–Trinajstić information content (AvgIpc) is 2.68. The number of fused-ring (bicyclic) bond motifs is 1. The summed E-state index contributed by atoms with van der Waals surface area (Å²) in [5, 5.41) is 0. The molecule has 0 saturated carbocycles. The van der Waals surface area contributed by atoms with Gasteiger partial charge in [0.15, 0.2) is 5.82 Å². The Balaban J connectivity index is 1.56. The second-order valence-corrected chi connectivity index (χ2v) is 7.14. The maximum atomic E-state index is 4.77. The summed E-state index contributed by atoms with van der Waals surface area (Å²) in [6.07, 6.45) is 6.85. The van der Waals surface area contributed by atoms with Crippen molar-refractivity contribution in [1.82, 2.24) is 15.0 Å². The largest absolute Gasteiger partial charge is 0.367 e. The van der Waals surface area contributed by atoms with Crippen LogP contribution in [0.3, 0.4) is 0 Å². The summed E-state index contributed by atoms with van der Waals surface area (Å²) in [4.78, 5) is 17.4. The monoisotopic (exact) mass is 348 g/mol. The van der Waals surface area contributed by atoms with Crippen LogP contribution in [0.25, 0.3) is 11.5 Å². The molecule has 1 aliphatic rings. The van der Waals surface area contributed by atoms with E-state index in [0.717, 1.165) is 42.3 Å². The zero-order valence-electron chi connectivity index (χ0n) is 14.4. The van der Waals surface area contributed by atoms with Crippen LogP contribution in [0.4, 0.5) is 5.69 Å². The summed E-state index contributed by atoms with van der Waals surface area (Å²) in [5.74, 6) is 0.719. The first-order chi connectivity index (χ1) is 12.2. The lowest BCUT2D eigenvalue weighted by atomic mass is 10.1. The van der Waals surface area contributed by atoms with E-state index in [1.54, 1.807) is 11.8 Å². The van der Waals surface area contributed by atoms with Crippen molar-refractivity contribution in [2.24, 2.45) is 0 Å². The minimum Gasteiger partial charge on any atom is -0.367 e. The number of aromatic nitrogens is 3. The third-order valence-corrected chi connectivity index (χ3v) is 5.26. The molecule has 0 N–H and O–H groups in total. The lowest BCUT2D eigenvalue weighted by Gasteiger charge is -2.30. The van der Waals surface area contributed by atoms with Crippen molar-refractivity contribution in [1.29, 1.82) is 0 Å². The van der Waals surface area contributed by atoms with Crippen LogP contribution in [0.1, 0.15) is 16.8 Å². The normalized spacial score (nSPS) is 13.6. The molecule has 4 nitrogen and oxygen atoms in total. The molecule has 0 aliphatic carbocycles. The van der Waals surface area contributed by atoms with Gasteiger partial charge in [-0.15, -0.1) is 11.8 Å². The molecule has 2 aromatic heterocycles. The molecule has 126 valence electrons. The lowest BCUT2D eigenvalue weighted by Crippen LogP contribution is -2.31. The van der Waals surface area contributed by atoms with E-state index in [9.17, 15) is 0 Å². The van der Waals surface area contributed by atoms with Gasteiger partial charge in [-0.3, -0.25) is 4.98 Å². The predicted molar refractivity (Wildman–Crippen MR) is 103 cm³/mol. The second kappa shape index (κ2) is 6.84. The molecule has 0 radical (unpaired) electrons. The maximum absolute atomic E-state index is 4.77. The van der Waals surface area contributed by atoms with Gasteiger partial charge in [0.25, 0.3) is 0 Å². The number of pyridine rings is 1. The second-order valence-electron chi connectivity index (χ2n) is 6.26. The van der Waals surface area contributed by atoms with E-state index >= 15 is 0 Å². The molecule has 25 heavy (non-hydrogen) atoms. The predicted octanol–water partition coefficient (Wildman–Crippen LogP) is 4.13. The summed E-state index contributed by atoms with van der Waals surface area (Å²) in [6.45, 7) is 3.86. The third-order valence-electron chi connectivity index (χ3n) is 4.51. The van der Waals surface area contributed by atoms with Gasteiger partial charge >= 0.3 is 0 Å². The molecule has 4 rings (SSSR count). The van der Waals surface area contributed by atoms with Gasteiger partial charge in [-0.05, 0) is 49.1 Å². The summed E-state index contributed by atoms with van der Waals surface area (Å²) in [5.41, 5.74) is 5.58. The molecule has 3 aromatic rings. The van der Waals surface area contributed by atoms with E-state index in [0.29, 0.717) is 0 Å². The van der Waals surface area contributed by atoms with Crippen molar-refractivity contribution in [2.75, 3.05) is 17.7 Å². The number of nitrogens with zero attached hydrogens (tertiary/aromatic N) is 4. The highest BCUT2D eigenvalue weighted by Crippen LogP contribution is 2.26. The molecule has 0 saturated heterocycles. The van der Waals surface area contributed by atoms with E-state index in [4.69, 9.17) is 4.98 Å². The van der Waals surface area contributed by atoms with Gasteiger partial charge in [-0.1, -0.05) is 6.07 Å². The number of benzene rings is 1. The Bertz CT molecular complexity index is 875. The maximum Gasteiger partial charge on any atom is 0.178 e. The van der Waals surface area contributed by atoms with E-state index in [2.05, 4.69) is 45.4 Å². The minimum absolute atomic E-state index is 0.719. The highest BCUT2D eigenvalue weighted by Gasteiger charge is 2.19. The van der Waals surface area contributed by atoms with Gasteiger partial charge in [0.1, 0.15) is 5.69 Å². The van der Waals surface area contributed by atoms with Crippen molar-refractivity contribution in [2.45, 2.75) is 24.8 Å². The fraction of sp³-hybridized carbons (Fsp3) is 0.250. The highest BCUT2D eigenvalue weighted by atomic mass is 32.2. The number of rotatable bonds is 3. The number of thioether (sulfide) groups is 1. The van der Waals surface area contributed by atoms with Gasteiger partial charge in [0.2, 0.25) is 0 Å². The Morgan fingerprint density at radius 3 is 2.56 bits per heavy atom. The van der Waals surface area contributed by atoms with E-state index in [1.165, 1.54) is 16.1 Å². The summed E-state index contributed by atoms with van der Waals surface area (Å²) in [7, 11) is 0. The molecule has 0 amide bonds. The van der Waals surface area contributed by atoms with Crippen molar-refractivity contribution in [3.05, 3.63) is 65.6 Å². The van der Waals surface area contributed by atoms with Crippen LogP contribution < -0.4 is 4.90 Å². The van der Waals surface area contributed by atoms with Crippen LogP contribution in [-0.4, -0.2) is 27.8 Å². The van der Waals surface area contributed by atoms with Crippen molar-refractivity contribution >= 4 is 17.4 Å². The Morgan fingerprint density at radius 1 is 1.00 bits per heavy atom. The first-order valence-electron chi connectivity index (χ1n) is 8.40. The molecular weight excluding hydrogens is 328 g/mol. The fourth-order valence-electron chi connectivity index (χ4n) is 3.05. The van der Waals surface area contributed by atoms with Gasteiger partial charge in [0.05, 0.1) is 5.69 Å². The molecule has 0 fully saturated rings. The van der Waals surface area contributed by atoms with Gasteiger partial charge in [-0.2, -0.15) is 0 Å². The zero-order valence-corrected chi connectivity index (χ0v) is 15.3. The van der Waals surface area contributed by atoms with E-state index in [1.807, 2.05) is 31.5 Å². The zero-order chi connectivity index (χ0) is 17.2. The van der Waals surface area contributed by atoms with E-state index < -0.39 is 0 Å². The van der Waals surface area contributed by atoms with Gasteiger partial charge < -0.3 is 4.90 Å². The van der Waals surface area contributed by atoms with E-state index in [-0.39, 0.29) is 0 Å². The van der Waals surface area contributed by atoms with Crippen molar-refractivity contribution in [3.8, 4) is 11.5 Å². The number of anilines is 1. The third kappa shape index (κ3) is 3.37. The van der Waals surface area contributed by atoms with Crippen LogP contribution in [0.15, 0.2) is 53.7 Å². The first-order valence-corrected chi connectivity index (χ1v) is 9.62. The number of hydrogen-bond acceptors (Lipinski definition) is 5. The van der Waals surface area contributed by atoms with Crippen LogP contribution in [0, 0.1) is 6.92 Å². The molecule has 3 heterocycles. The summed E-state index contributed by atoms with van der Waals surface area (Å²) >= 11 is 1.77. The van der Waals surface area contributed by atoms with Gasteiger partial charge in [-0.25, -0.2) is 9.97 Å². The van der Waals surface area contributed by atoms with Crippen molar-refractivity contribution in [3.63, 3.8) is 0 Å². The smallest absolute Gasteiger partial charge is 0.178 e. The minimum atomic E-state index is 0.719. The molecule has 0 atom stereocenters. The SMILES string of the molecule is CSc1ccc(N2CCc3nc(-c4ccc(C)cn4)ncc3C2)cc1. The lowest BCUT2D eigenvalue weighted by molar-refractivity contribution is 0.706. The fourth-order valence-corrected chi connectivity index (χ4v) is 3.46. The summed E-state index contributed by atoms with van der Waals surface area (Å²) < 4.78 is 0.